The highest BCUT2D eigenvalue weighted by Crippen LogP contribution is 2.35. The minimum atomic E-state index is -0.148. The van der Waals surface area contributed by atoms with E-state index in [0.29, 0.717) is 17.4 Å². The first-order valence-electron chi connectivity index (χ1n) is 8.24. The zero-order valence-corrected chi connectivity index (χ0v) is 17.3. The number of halogens is 2. The van der Waals surface area contributed by atoms with Crippen molar-refractivity contribution in [1.82, 2.24) is 4.90 Å². The number of hydrogen-bond acceptors (Lipinski definition) is 3. The number of benzene rings is 1. The highest BCUT2D eigenvalue weighted by atomic mass is 79.9. The van der Waals surface area contributed by atoms with Gasteiger partial charge in [-0.05, 0) is 60.4 Å². The molecular formula is C18H19Br2NO2S. The Morgan fingerprint density at radius 2 is 1.67 bits per heavy atom. The van der Waals surface area contributed by atoms with Gasteiger partial charge in [0.15, 0.2) is 0 Å². The maximum absolute atomic E-state index is 12.6. The predicted molar refractivity (Wildman–Crippen MR) is 106 cm³/mol. The second-order valence-corrected chi connectivity index (χ2v) is 9.18. The number of amides is 2. The van der Waals surface area contributed by atoms with Crippen LogP contribution in [0.25, 0.3) is 6.08 Å². The lowest BCUT2D eigenvalue weighted by molar-refractivity contribution is -0.123. The summed E-state index contributed by atoms with van der Waals surface area (Å²) in [4.78, 5) is 26.9. The van der Waals surface area contributed by atoms with Crippen molar-refractivity contribution < 1.29 is 9.59 Å². The van der Waals surface area contributed by atoms with E-state index >= 15 is 0 Å². The van der Waals surface area contributed by atoms with Gasteiger partial charge in [0.05, 0.1) is 4.91 Å². The molecule has 2 fully saturated rings. The van der Waals surface area contributed by atoms with E-state index in [4.69, 9.17) is 0 Å². The molecule has 0 atom stereocenters. The van der Waals surface area contributed by atoms with Crippen molar-refractivity contribution in [3.8, 4) is 0 Å². The van der Waals surface area contributed by atoms with Crippen LogP contribution in [-0.2, 0) is 4.79 Å². The standard InChI is InChI=1S/C18H19Br2NO2S/c19-14-7-13(8-15(20)10-14)9-16-17(22)21(18(23)24-16)11-12-5-3-1-2-4-6-12/h7-10,12H,1-6,11H2. The second-order valence-electron chi connectivity index (χ2n) is 6.35. The summed E-state index contributed by atoms with van der Waals surface area (Å²) in [7, 11) is 0. The maximum atomic E-state index is 12.6. The minimum Gasteiger partial charge on any atom is -0.268 e. The molecule has 24 heavy (non-hydrogen) atoms. The first-order chi connectivity index (χ1) is 11.5. The van der Waals surface area contributed by atoms with Crippen molar-refractivity contribution in [2.24, 2.45) is 5.92 Å². The SMILES string of the molecule is O=C1SC(=Cc2cc(Br)cc(Br)c2)C(=O)N1CC1CCCCCC1. The normalized spacial score (nSPS) is 21.6. The minimum absolute atomic E-state index is 0.135. The third-order valence-electron chi connectivity index (χ3n) is 4.47. The number of hydrogen-bond donors (Lipinski definition) is 0. The molecule has 0 aromatic heterocycles. The third-order valence-corrected chi connectivity index (χ3v) is 6.29. The average Bonchev–Trinajstić information content (AvgIpc) is 2.72. The van der Waals surface area contributed by atoms with E-state index < -0.39 is 0 Å². The van der Waals surface area contributed by atoms with Crippen LogP contribution >= 0.6 is 43.6 Å². The topological polar surface area (TPSA) is 37.4 Å². The third kappa shape index (κ3) is 4.52. The first kappa shape index (κ1) is 18.2. The van der Waals surface area contributed by atoms with E-state index in [1.807, 2.05) is 18.2 Å². The molecule has 1 aliphatic heterocycles. The van der Waals surface area contributed by atoms with Crippen molar-refractivity contribution in [2.75, 3.05) is 6.54 Å². The summed E-state index contributed by atoms with van der Waals surface area (Å²) in [6.07, 6.45) is 9.02. The molecule has 1 aliphatic carbocycles. The zero-order chi connectivity index (χ0) is 17.1. The molecule has 0 N–H and O–H groups in total. The van der Waals surface area contributed by atoms with Gasteiger partial charge in [0, 0.05) is 15.5 Å². The van der Waals surface area contributed by atoms with Crippen molar-refractivity contribution in [2.45, 2.75) is 38.5 Å². The molecule has 0 unspecified atom stereocenters. The number of imide groups is 1. The number of thioether (sulfide) groups is 1. The molecule has 3 rings (SSSR count). The lowest BCUT2D eigenvalue weighted by atomic mass is 10.00. The van der Waals surface area contributed by atoms with Crippen LogP contribution in [-0.4, -0.2) is 22.6 Å². The van der Waals surface area contributed by atoms with E-state index in [0.717, 1.165) is 39.1 Å². The summed E-state index contributed by atoms with van der Waals surface area (Å²) in [5.41, 5.74) is 0.899. The van der Waals surface area contributed by atoms with Crippen LogP contribution < -0.4 is 0 Å². The van der Waals surface area contributed by atoms with Crippen LogP contribution in [0.2, 0.25) is 0 Å². The van der Waals surface area contributed by atoms with E-state index in [1.54, 1.807) is 6.08 Å². The summed E-state index contributed by atoms with van der Waals surface area (Å²) < 4.78 is 1.86. The Balaban J connectivity index is 1.74. The molecule has 2 amide bonds. The molecule has 128 valence electrons. The largest absolute Gasteiger partial charge is 0.293 e. The monoisotopic (exact) mass is 471 g/mol. The fourth-order valence-corrected chi connectivity index (χ4v) is 5.45. The molecule has 1 aromatic rings. The molecule has 2 aliphatic rings. The Morgan fingerprint density at radius 3 is 2.29 bits per heavy atom. The van der Waals surface area contributed by atoms with Crippen LogP contribution in [0.15, 0.2) is 32.0 Å². The Hall–Kier alpha value is -0.590. The maximum Gasteiger partial charge on any atom is 0.293 e. The van der Waals surface area contributed by atoms with Crippen LogP contribution in [0.4, 0.5) is 4.79 Å². The Labute approximate surface area is 163 Å². The van der Waals surface area contributed by atoms with Gasteiger partial charge in [-0.2, -0.15) is 0 Å². The highest BCUT2D eigenvalue weighted by Gasteiger charge is 2.36. The summed E-state index contributed by atoms with van der Waals surface area (Å²) >= 11 is 7.94. The van der Waals surface area contributed by atoms with Crippen LogP contribution in [0.3, 0.4) is 0 Å². The summed E-state index contributed by atoms with van der Waals surface area (Å²) in [5.74, 6) is 0.311. The molecule has 0 bridgehead atoms. The molecule has 0 spiro atoms. The Morgan fingerprint density at radius 1 is 1.04 bits per heavy atom. The Bertz CT molecular complexity index is 661. The predicted octanol–water partition coefficient (Wildman–Crippen LogP) is 6.22. The quantitative estimate of drug-likeness (QED) is 0.387. The summed E-state index contributed by atoms with van der Waals surface area (Å²) in [6.45, 7) is 0.574. The summed E-state index contributed by atoms with van der Waals surface area (Å²) in [5, 5.41) is -0.135. The molecule has 1 saturated carbocycles. The van der Waals surface area contributed by atoms with Crippen LogP contribution in [0.1, 0.15) is 44.1 Å². The lowest BCUT2D eigenvalue weighted by Crippen LogP contribution is -2.33. The van der Waals surface area contributed by atoms with Crippen LogP contribution in [0, 0.1) is 5.92 Å². The van der Waals surface area contributed by atoms with Gasteiger partial charge < -0.3 is 0 Å². The first-order valence-corrected chi connectivity index (χ1v) is 10.6. The van der Waals surface area contributed by atoms with Crippen molar-refractivity contribution >= 4 is 60.8 Å². The molecule has 1 heterocycles. The molecular weight excluding hydrogens is 454 g/mol. The Kier molecular flexibility index (Phi) is 6.22. The van der Waals surface area contributed by atoms with E-state index in [-0.39, 0.29) is 11.1 Å². The fourth-order valence-electron chi connectivity index (χ4n) is 3.27. The summed E-state index contributed by atoms with van der Waals surface area (Å²) in [6, 6.07) is 5.81. The van der Waals surface area contributed by atoms with Gasteiger partial charge in [-0.1, -0.05) is 57.5 Å². The highest BCUT2D eigenvalue weighted by molar-refractivity contribution is 9.11. The molecule has 3 nitrogen and oxygen atoms in total. The number of nitrogens with zero attached hydrogens (tertiary/aromatic N) is 1. The van der Waals surface area contributed by atoms with E-state index in [9.17, 15) is 9.59 Å². The second kappa shape index (κ2) is 8.19. The fraction of sp³-hybridized carbons (Fsp3) is 0.444. The van der Waals surface area contributed by atoms with Crippen molar-refractivity contribution in [1.29, 1.82) is 0 Å². The average molecular weight is 473 g/mol. The van der Waals surface area contributed by atoms with Gasteiger partial charge in [0.1, 0.15) is 0 Å². The van der Waals surface area contributed by atoms with Gasteiger partial charge in [-0.15, -0.1) is 0 Å². The molecule has 1 saturated heterocycles. The zero-order valence-electron chi connectivity index (χ0n) is 13.3. The molecule has 0 radical (unpaired) electrons. The van der Waals surface area contributed by atoms with E-state index in [2.05, 4.69) is 31.9 Å². The van der Waals surface area contributed by atoms with Gasteiger partial charge in [-0.3, -0.25) is 14.5 Å². The molecule has 1 aromatic carbocycles. The number of carbonyl (C=O) groups excluding carboxylic acids is 2. The number of rotatable bonds is 3. The molecule has 6 heteroatoms. The van der Waals surface area contributed by atoms with Gasteiger partial charge in [-0.25, -0.2) is 0 Å². The van der Waals surface area contributed by atoms with Gasteiger partial charge in [0.2, 0.25) is 0 Å². The van der Waals surface area contributed by atoms with Crippen molar-refractivity contribution in [3.05, 3.63) is 37.6 Å². The lowest BCUT2D eigenvalue weighted by Gasteiger charge is -2.20. The van der Waals surface area contributed by atoms with Crippen LogP contribution in [0.5, 0.6) is 0 Å². The van der Waals surface area contributed by atoms with Gasteiger partial charge >= 0.3 is 0 Å². The van der Waals surface area contributed by atoms with Gasteiger partial charge in [0.25, 0.3) is 11.1 Å². The van der Waals surface area contributed by atoms with Crippen molar-refractivity contribution in [3.63, 3.8) is 0 Å². The number of carbonyl (C=O) groups is 2. The smallest absolute Gasteiger partial charge is 0.268 e. The van der Waals surface area contributed by atoms with E-state index in [1.165, 1.54) is 30.6 Å².